The van der Waals surface area contributed by atoms with E-state index in [4.69, 9.17) is 8.83 Å². The van der Waals surface area contributed by atoms with Gasteiger partial charge in [0.25, 0.3) is 0 Å². The molecule has 10 rings (SSSR count). The van der Waals surface area contributed by atoms with Gasteiger partial charge >= 0.3 is 0 Å². The van der Waals surface area contributed by atoms with Gasteiger partial charge in [-0.2, -0.15) is 0 Å². The lowest BCUT2D eigenvalue weighted by Gasteiger charge is -2.18. The van der Waals surface area contributed by atoms with E-state index >= 15 is 0 Å². The van der Waals surface area contributed by atoms with E-state index < -0.39 is 0 Å². The Bertz CT molecular complexity index is 2740. The van der Waals surface area contributed by atoms with E-state index in [0.29, 0.717) is 0 Å². The highest BCUT2D eigenvalue weighted by Crippen LogP contribution is 2.46. The molecule has 0 aliphatic carbocycles. The van der Waals surface area contributed by atoms with Crippen LogP contribution in [0.4, 0.5) is 0 Å². The van der Waals surface area contributed by atoms with Gasteiger partial charge in [0.05, 0.1) is 11.6 Å². The Labute approximate surface area is 264 Å². The summed E-state index contributed by atoms with van der Waals surface area (Å²) < 4.78 is 12.6. The van der Waals surface area contributed by atoms with Crippen LogP contribution in [0.3, 0.4) is 0 Å². The molecule has 214 valence electrons. The predicted octanol–water partition coefficient (Wildman–Crippen LogP) is 12.8. The van der Waals surface area contributed by atoms with Gasteiger partial charge in [-0.15, -0.1) is 0 Å². The maximum atomic E-state index is 6.60. The van der Waals surface area contributed by atoms with Gasteiger partial charge in [-0.25, -0.2) is 0 Å². The first-order valence-corrected chi connectivity index (χ1v) is 15.7. The average Bonchev–Trinajstić information content (AvgIpc) is 3.72. The highest BCUT2D eigenvalue weighted by Gasteiger charge is 2.20. The van der Waals surface area contributed by atoms with Crippen molar-refractivity contribution in [2.75, 3.05) is 0 Å². The van der Waals surface area contributed by atoms with E-state index in [1.54, 1.807) is 0 Å². The lowest BCUT2D eigenvalue weighted by molar-refractivity contribution is 0.616. The fourth-order valence-corrected chi connectivity index (χ4v) is 7.44. The molecule has 2 heteroatoms. The van der Waals surface area contributed by atoms with Crippen molar-refractivity contribution < 1.29 is 8.83 Å². The molecule has 0 aliphatic heterocycles. The average molecular weight is 587 g/mol. The maximum absolute atomic E-state index is 6.60. The standard InChI is InChI=1S/C44H26O2/c1-2-11-28(12-3-1)38-26-45-40-23-21-36-37-25-31(20-22-39(37)46-44(36)43(38)40)42-34-16-8-6-14-32(34)41(33-15-7-9-17-35(33)42)30-19-18-27-10-4-5-13-29(27)24-30/h1-26H. The second kappa shape index (κ2) is 9.69. The summed E-state index contributed by atoms with van der Waals surface area (Å²) in [4.78, 5) is 0. The van der Waals surface area contributed by atoms with Crippen LogP contribution in [-0.2, 0) is 0 Å². The molecule has 0 saturated heterocycles. The van der Waals surface area contributed by atoms with Crippen LogP contribution >= 0.6 is 0 Å². The van der Waals surface area contributed by atoms with Crippen molar-refractivity contribution in [3.05, 3.63) is 158 Å². The highest BCUT2D eigenvalue weighted by molar-refractivity contribution is 6.23. The Morgan fingerprint density at radius 2 is 0.957 bits per heavy atom. The Hall–Kier alpha value is -6.12. The van der Waals surface area contributed by atoms with Gasteiger partial charge in [0.1, 0.15) is 16.7 Å². The topological polar surface area (TPSA) is 26.3 Å². The third-order valence-electron chi connectivity index (χ3n) is 9.52. The third kappa shape index (κ3) is 3.65. The molecular formula is C44H26O2. The molecule has 10 aromatic rings. The van der Waals surface area contributed by atoms with Crippen LogP contribution in [0.1, 0.15) is 0 Å². The first-order chi connectivity index (χ1) is 22.8. The summed E-state index contributed by atoms with van der Waals surface area (Å²) >= 11 is 0. The summed E-state index contributed by atoms with van der Waals surface area (Å²) in [6.07, 6.45) is 1.84. The van der Waals surface area contributed by atoms with Gasteiger partial charge in [0.15, 0.2) is 0 Å². The Morgan fingerprint density at radius 1 is 0.370 bits per heavy atom. The molecule has 0 fully saturated rings. The zero-order valence-electron chi connectivity index (χ0n) is 24.8. The van der Waals surface area contributed by atoms with E-state index in [9.17, 15) is 0 Å². The molecule has 2 nitrogen and oxygen atoms in total. The first-order valence-electron chi connectivity index (χ1n) is 15.7. The van der Waals surface area contributed by atoms with Crippen LogP contribution in [-0.4, -0.2) is 0 Å². The van der Waals surface area contributed by atoms with Crippen molar-refractivity contribution in [1.82, 2.24) is 0 Å². The molecule has 8 aromatic carbocycles. The van der Waals surface area contributed by atoms with Crippen molar-refractivity contribution in [3.63, 3.8) is 0 Å². The van der Waals surface area contributed by atoms with Crippen LogP contribution in [0.15, 0.2) is 167 Å². The number of benzene rings is 8. The molecule has 0 spiro atoms. The predicted molar refractivity (Wildman–Crippen MR) is 192 cm³/mol. The van der Waals surface area contributed by atoms with Crippen molar-refractivity contribution in [1.29, 1.82) is 0 Å². The minimum Gasteiger partial charge on any atom is -0.464 e. The van der Waals surface area contributed by atoms with Crippen molar-refractivity contribution >= 4 is 65.2 Å². The van der Waals surface area contributed by atoms with E-state index in [1.807, 2.05) is 12.3 Å². The zero-order valence-corrected chi connectivity index (χ0v) is 24.8. The second-order valence-electron chi connectivity index (χ2n) is 12.0. The van der Waals surface area contributed by atoms with Crippen molar-refractivity contribution in [2.24, 2.45) is 0 Å². The summed E-state index contributed by atoms with van der Waals surface area (Å²) in [6, 6.07) is 54.3. The minimum absolute atomic E-state index is 0.826. The van der Waals surface area contributed by atoms with Crippen LogP contribution in [0.5, 0.6) is 0 Å². The maximum Gasteiger partial charge on any atom is 0.147 e. The molecule has 0 atom stereocenters. The summed E-state index contributed by atoms with van der Waals surface area (Å²) in [5.74, 6) is 0. The Balaban J connectivity index is 1.25. The number of furan rings is 2. The Morgan fingerprint density at radius 3 is 1.67 bits per heavy atom. The zero-order chi connectivity index (χ0) is 30.2. The monoisotopic (exact) mass is 586 g/mol. The van der Waals surface area contributed by atoms with E-state index in [0.717, 1.165) is 44.0 Å². The van der Waals surface area contributed by atoms with Crippen LogP contribution in [0.25, 0.3) is 98.6 Å². The van der Waals surface area contributed by atoms with Gasteiger partial charge in [0, 0.05) is 16.3 Å². The van der Waals surface area contributed by atoms with Crippen molar-refractivity contribution in [2.45, 2.75) is 0 Å². The second-order valence-corrected chi connectivity index (χ2v) is 12.0. The largest absolute Gasteiger partial charge is 0.464 e. The summed E-state index contributed by atoms with van der Waals surface area (Å²) in [5.41, 5.74) is 9.61. The van der Waals surface area contributed by atoms with E-state index in [2.05, 4.69) is 146 Å². The normalized spacial score (nSPS) is 11.9. The smallest absolute Gasteiger partial charge is 0.147 e. The molecule has 0 bridgehead atoms. The van der Waals surface area contributed by atoms with E-state index in [1.165, 1.54) is 54.6 Å². The van der Waals surface area contributed by atoms with Gasteiger partial charge in [0.2, 0.25) is 0 Å². The van der Waals surface area contributed by atoms with Gasteiger partial charge in [-0.05, 0) is 90.5 Å². The lowest BCUT2D eigenvalue weighted by atomic mass is 9.85. The SMILES string of the molecule is c1ccc(-c2coc3ccc4c5cc(-c6c7ccccc7c(-c7ccc8ccccc8c7)c7ccccc67)ccc5oc4c23)cc1. The highest BCUT2D eigenvalue weighted by atomic mass is 16.3. The molecule has 0 N–H and O–H groups in total. The minimum atomic E-state index is 0.826. The molecule has 0 radical (unpaired) electrons. The quantitative estimate of drug-likeness (QED) is 0.193. The van der Waals surface area contributed by atoms with Crippen LogP contribution < -0.4 is 0 Å². The fraction of sp³-hybridized carbons (Fsp3) is 0. The molecule has 46 heavy (non-hydrogen) atoms. The summed E-state index contributed by atoms with van der Waals surface area (Å²) in [6.45, 7) is 0. The molecule has 0 amide bonds. The number of hydrogen-bond acceptors (Lipinski definition) is 2. The lowest BCUT2D eigenvalue weighted by Crippen LogP contribution is -1.91. The number of hydrogen-bond donors (Lipinski definition) is 0. The fourth-order valence-electron chi connectivity index (χ4n) is 7.44. The summed E-state index contributed by atoms with van der Waals surface area (Å²) in [5, 5.41) is 10.7. The molecule has 0 saturated carbocycles. The number of rotatable bonds is 3. The molecule has 2 heterocycles. The van der Waals surface area contributed by atoms with Crippen LogP contribution in [0.2, 0.25) is 0 Å². The van der Waals surface area contributed by atoms with E-state index in [-0.39, 0.29) is 0 Å². The molecule has 2 aromatic heterocycles. The molecule has 0 aliphatic rings. The van der Waals surface area contributed by atoms with Crippen LogP contribution in [0, 0.1) is 0 Å². The van der Waals surface area contributed by atoms with Crippen molar-refractivity contribution in [3.8, 4) is 33.4 Å². The number of fused-ring (bicyclic) bond motifs is 8. The molecule has 0 unspecified atom stereocenters. The van der Waals surface area contributed by atoms with Gasteiger partial charge in [-0.3, -0.25) is 0 Å². The summed E-state index contributed by atoms with van der Waals surface area (Å²) in [7, 11) is 0. The van der Waals surface area contributed by atoms with Gasteiger partial charge < -0.3 is 8.83 Å². The molecular weight excluding hydrogens is 560 g/mol. The van der Waals surface area contributed by atoms with Gasteiger partial charge in [-0.1, -0.05) is 121 Å². The third-order valence-corrected chi connectivity index (χ3v) is 9.52. The Kier molecular flexibility index (Phi) is 5.31. The first kappa shape index (κ1) is 25.2.